The molecule has 0 unspecified atom stereocenters. The molecular formula is C18H19NO3S. The molecule has 2 aromatic rings. The van der Waals surface area contributed by atoms with Crippen LogP contribution in [0.4, 0.5) is 5.69 Å². The molecule has 4 nitrogen and oxygen atoms in total. The van der Waals surface area contributed by atoms with Crippen molar-refractivity contribution in [1.29, 1.82) is 0 Å². The third kappa shape index (κ3) is 4.86. The zero-order valence-electron chi connectivity index (χ0n) is 13.4. The van der Waals surface area contributed by atoms with Crippen LogP contribution in [0.25, 0.3) is 0 Å². The van der Waals surface area contributed by atoms with Crippen LogP contribution in [0, 0.1) is 13.8 Å². The Balaban J connectivity index is 1.92. The van der Waals surface area contributed by atoms with Crippen LogP contribution < -0.4 is 5.32 Å². The van der Waals surface area contributed by atoms with Crippen molar-refractivity contribution in [3.05, 3.63) is 59.2 Å². The van der Waals surface area contributed by atoms with Crippen molar-refractivity contribution < 1.29 is 14.3 Å². The molecule has 0 spiro atoms. The maximum absolute atomic E-state index is 12.0. The van der Waals surface area contributed by atoms with Gasteiger partial charge in [-0.15, -0.1) is 11.8 Å². The topological polar surface area (TPSA) is 55.4 Å². The third-order valence-electron chi connectivity index (χ3n) is 3.29. The van der Waals surface area contributed by atoms with E-state index >= 15 is 0 Å². The lowest BCUT2D eigenvalue weighted by molar-refractivity contribution is -0.113. The predicted molar refractivity (Wildman–Crippen MR) is 93.1 cm³/mol. The van der Waals surface area contributed by atoms with Crippen molar-refractivity contribution in [2.24, 2.45) is 0 Å². The largest absolute Gasteiger partial charge is 0.465 e. The van der Waals surface area contributed by atoms with E-state index in [4.69, 9.17) is 0 Å². The third-order valence-corrected chi connectivity index (χ3v) is 4.45. The van der Waals surface area contributed by atoms with Gasteiger partial charge in [-0.2, -0.15) is 0 Å². The summed E-state index contributed by atoms with van der Waals surface area (Å²) < 4.78 is 4.64. The van der Waals surface area contributed by atoms with Crippen LogP contribution in [0.3, 0.4) is 0 Å². The van der Waals surface area contributed by atoms with Crippen molar-refractivity contribution in [1.82, 2.24) is 0 Å². The second-order valence-electron chi connectivity index (χ2n) is 5.17. The van der Waals surface area contributed by atoms with Crippen molar-refractivity contribution in [3.8, 4) is 0 Å². The number of methoxy groups -OCH3 is 1. The molecule has 2 rings (SSSR count). The van der Waals surface area contributed by atoms with E-state index < -0.39 is 5.97 Å². The number of ether oxygens (including phenoxy) is 1. The summed E-state index contributed by atoms with van der Waals surface area (Å²) in [6, 6.07) is 12.8. The van der Waals surface area contributed by atoms with Crippen molar-refractivity contribution >= 4 is 29.3 Å². The molecule has 23 heavy (non-hydrogen) atoms. The summed E-state index contributed by atoms with van der Waals surface area (Å²) in [5, 5.41) is 2.82. The molecule has 1 amide bonds. The minimum Gasteiger partial charge on any atom is -0.465 e. The molecule has 0 atom stereocenters. The highest BCUT2D eigenvalue weighted by atomic mass is 32.2. The summed E-state index contributed by atoms with van der Waals surface area (Å²) in [6.07, 6.45) is 0. The predicted octanol–water partition coefficient (Wildman–Crippen LogP) is 3.82. The van der Waals surface area contributed by atoms with E-state index in [1.807, 2.05) is 13.8 Å². The number of anilines is 1. The van der Waals surface area contributed by atoms with E-state index in [1.165, 1.54) is 24.4 Å². The van der Waals surface area contributed by atoms with Crippen molar-refractivity contribution in [2.75, 3.05) is 18.2 Å². The van der Waals surface area contributed by atoms with Gasteiger partial charge >= 0.3 is 5.97 Å². The minimum atomic E-state index is -0.395. The van der Waals surface area contributed by atoms with Crippen LogP contribution in [-0.2, 0) is 9.53 Å². The first-order valence-corrected chi connectivity index (χ1v) is 8.16. The Morgan fingerprint density at radius 2 is 1.78 bits per heavy atom. The van der Waals surface area contributed by atoms with Gasteiger partial charge in [-0.25, -0.2) is 4.79 Å². The first kappa shape index (κ1) is 17.1. The van der Waals surface area contributed by atoms with E-state index in [0.717, 1.165) is 10.5 Å². The number of benzene rings is 2. The number of carbonyl (C=O) groups excluding carboxylic acids is 2. The molecule has 5 heteroatoms. The smallest absolute Gasteiger partial charge is 0.337 e. The van der Waals surface area contributed by atoms with E-state index in [-0.39, 0.29) is 5.91 Å². The van der Waals surface area contributed by atoms with Gasteiger partial charge in [-0.1, -0.05) is 17.7 Å². The molecule has 2 aromatic carbocycles. The fraction of sp³-hybridized carbons (Fsp3) is 0.222. The molecule has 0 radical (unpaired) electrons. The molecular weight excluding hydrogens is 310 g/mol. The van der Waals surface area contributed by atoms with Gasteiger partial charge < -0.3 is 10.1 Å². The number of nitrogens with one attached hydrogen (secondary N) is 1. The van der Waals surface area contributed by atoms with Crippen LogP contribution in [0.2, 0.25) is 0 Å². The van der Waals surface area contributed by atoms with Gasteiger partial charge in [-0.05, 0) is 49.7 Å². The number of hydrogen-bond donors (Lipinski definition) is 1. The average Bonchev–Trinajstić information content (AvgIpc) is 2.55. The lowest BCUT2D eigenvalue weighted by Crippen LogP contribution is -2.14. The molecule has 0 saturated carbocycles. The standard InChI is InChI=1S/C18H19NO3S/c1-12-4-5-13(2)16(10-12)23-11-17(20)19-15-8-6-14(7-9-15)18(21)22-3/h4-10H,11H2,1-3H3,(H,19,20). The number of hydrogen-bond acceptors (Lipinski definition) is 4. The van der Waals surface area contributed by atoms with Crippen LogP contribution in [0.1, 0.15) is 21.5 Å². The molecule has 120 valence electrons. The van der Waals surface area contributed by atoms with Crippen LogP contribution in [0.15, 0.2) is 47.4 Å². The van der Waals surface area contributed by atoms with Crippen LogP contribution in [0.5, 0.6) is 0 Å². The normalized spacial score (nSPS) is 10.2. The average molecular weight is 329 g/mol. The summed E-state index contributed by atoms with van der Waals surface area (Å²) in [4.78, 5) is 24.5. The quantitative estimate of drug-likeness (QED) is 0.669. The molecule has 0 aromatic heterocycles. The summed E-state index contributed by atoms with van der Waals surface area (Å²) in [6.45, 7) is 4.07. The summed E-state index contributed by atoms with van der Waals surface area (Å²) in [5.41, 5.74) is 3.45. The first-order valence-electron chi connectivity index (χ1n) is 7.18. The molecule has 0 bridgehead atoms. The van der Waals surface area contributed by atoms with Gasteiger partial charge in [0.15, 0.2) is 0 Å². The number of esters is 1. The van der Waals surface area contributed by atoms with E-state index in [2.05, 4.69) is 28.3 Å². The van der Waals surface area contributed by atoms with E-state index in [9.17, 15) is 9.59 Å². The SMILES string of the molecule is COC(=O)c1ccc(NC(=O)CSc2cc(C)ccc2C)cc1. The van der Waals surface area contributed by atoms with Crippen molar-refractivity contribution in [3.63, 3.8) is 0 Å². The highest BCUT2D eigenvalue weighted by Crippen LogP contribution is 2.23. The number of aryl methyl sites for hydroxylation is 2. The lowest BCUT2D eigenvalue weighted by atomic mass is 10.2. The van der Waals surface area contributed by atoms with Gasteiger partial charge in [0, 0.05) is 10.6 Å². The zero-order valence-corrected chi connectivity index (χ0v) is 14.2. The maximum Gasteiger partial charge on any atom is 0.337 e. The Morgan fingerprint density at radius 3 is 2.43 bits per heavy atom. The van der Waals surface area contributed by atoms with Gasteiger partial charge in [0.05, 0.1) is 18.4 Å². The Morgan fingerprint density at radius 1 is 1.09 bits per heavy atom. The Bertz CT molecular complexity index is 711. The lowest BCUT2D eigenvalue weighted by Gasteiger charge is -2.08. The fourth-order valence-corrected chi connectivity index (χ4v) is 2.93. The Kier molecular flexibility index (Phi) is 5.82. The van der Waals surface area contributed by atoms with E-state index in [1.54, 1.807) is 24.3 Å². The molecule has 0 fully saturated rings. The second-order valence-corrected chi connectivity index (χ2v) is 6.19. The van der Waals surface area contributed by atoms with Crippen LogP contribution in [-0.4, -0.2) is 24.7 Å². The summed E-state index contributed by atoms with van der Waals surface area (Å²) in [7, 11) is 1.34. The number of rotatable bonds is 5. The fourth-order valence-electron chi connectivity index (χ4n) is 2.01. The Labute approximate surface area is 140 Å². The van der Waals surface area contributed by atoms with E-state index in [0.29, 0.717) is 17.0 Å². The van der Waals surface area contributed by atoms with Gasteiger partial charge in [-0.3, -0.25) is 4.79 Å². The number of carbonyl (C=O) groups is 2. The molecule has 0 aliphatic rings. The monoisotopic (exact) mass is 329 g/mol. The second kappa shape index (κ2) is 7.83. The van der Waals surface area contributed by atoms with Gasteiger partial charge in [0.2, 0.25) is 5.91 Å². The molecule has 0 aliphatic carbocycles. The molecule has 1 N–H and O–H groups in total. The highest BCUT2D eigenvalue weighted by molar-refractivity contribution is 8.00. The molecule has 0 saturated heterocycles. The zero-order chi connectivity index (χ0) is 16.8. The minimum absolute atomic E-state index is 0.0817. The summed E-state index contributed by atoms with van der Waals surface area (Å²) >= 11 is 1.51. The highest BCUT2D eigenvalue weighted by Gasteiger charge is 2.08. The van der Waals surface area contributed by atoms with Crippen LogP contribution >= 0.6 is 11.8 Å². The summed E-state index contributed by atoms with van der Waals surface area (Å²) in [5.74, 6) is -0.140. The molecule has 0 heterocycles. The molecule has 0 aliphatic heterocycles. The van der Waals surface area contributed by atoms with Crippen molar-refractivity contribution in [2.45, 2.75) is 18.7 Å². The first-order chi connectivity index (χ1) is 11.0. The number of amides is 1. The van der Waals surface area contributed by atoms with Gasteiger partial charge in [0.25, 0.3) is 0 Å². The number of thioether (sulfide) groups is 1. The van der Waals surface area contributed by atoms with Gasteiger partial charge in [0.1, 0.15) is 0 Å². The Hall–Kier alpha value is -2.27. The maximum atomic E-state index is 12.0.